The molecule has 0 N–H and O–H groups in total. The highest BCUT2D eigenvalue weighted by molar-refractivity contribution is 6.33. The lowest BCUT2D eigenvalue weighted by Crippen LogP contribution is -2.43. The molecule has 0 spiro atoms. The third-order valence-electron chi connectivity index (χ3n) is 6.12. The molecular weight excluding hydrogens is 428 g/mol. The molecule has 1 amide bonds. The molecule has 3 aromatic rings. The van der Waals surface area contributed by atoms with Crippen molar-refractivity contribution in [3.05, 3.63) is 64.1 Å². The van der Waals surface area contributed by atoms with Gasteiger partial charge in [-0.3, -0.25) is 14.5 Å². The summed E-state index contributed by atoms with van der Waals surface area (Å²) in [6.45, 7) is 3.46. The van der Waals surface area contributed by atoms with Crippen LogP contribution in [0, 0.1) is 6.92 Å². The van der Waals surface area contributed by atoms with Crippen molar-refractivity contribution in [2.45, 2.75) is 32.3 Å². The van der Waals surface area contributed by atoms with Gasteiger partial charge in [0.15, 0.2) is 12.5 Å². The number of halogens is 1. The quantitative estimate of drug-likeness (QED) is 0.585. The summed E-state index contributed by atoms with van der Waals surface area (Å²) in [6.07, 6.45) is 8.29. The Hall–Kier alpha value is -2.90. The first kappa shape index (κ1) is 21.0. The minimum atomic E-state index is -0.0602. The highest BCUT2D eigenvalue weighted by atomic mass is 35.5. The highest BCUT2D eigenvalue weighted by Gasteiger charge is 2.31. The Bertz CT molecular complexity index is 1150. The third kappa shape index (κ3) is 3.98. The van der Waals surface area contributed by atoms with Crippen LogP contribution in [0.4, 0.5) is 0 Å². The van der Waals surface area contributed by atoms with Crippen molar-refractivity contribution in [1.82, 2.24) is 19.7 Å². The molecule has 32 heavy (non-hydrogen) atoms. The Morgan fingerprint density at radius 1 is 1.28 bits per heavy atom. The number of amides is 1. The van der Waals surface area contributed by atoms with Gasteiger partial charge in [-0.1, -0.05) is 17.7 Å². The number of pyridine rings is 1. The number of fused-ring (bicyclic) bond motifs is 1. The monoisotopic (exact) mass is 452 g/mol. The number of rotatable bonds is 5. The van der Waals surface area contributed by atoms with E-state index in [0.29, 0.717) is 29.3 Å². The minimum Gasteiger partial charge on any atom is -0.471 e. The van der Waals surface area contributed by atoms with Crippen LogP contribution in [-0.2, 0) is 18.2 Å². The van der Waals surface area contributed by atoms with E-state index in [1.807, 2.05) is 44.6 Å². The Balaban J connectivity index is 1.38. The van der Waals surface area contributed by atoms with Gasteiger partial charge in [-0.15, -0.1) is 0 Å². The van der Waals surface area contributed by atoms with Gasteiger partial charge in [-0.2, -0.15) is 5.10 Å². The fourth-order valence-corrected chi connectivity index (χ4v) is 4.55. The van der Waals surface area contributed by atoms with Gasteiger partial charge < -0.3 is 14.4 Å². The molecular formula is C24H25ClN4O3. The molecule has 1 aromatic carbocycles. The second-order valence-corrected chi connectivity index (χ2v) is 8.80. The Morgan fingerprint density at radius 3 is 2.84 bits per heavy atom. The summed E-state index contributed by atoms with van der Waals surface area (Å²) in [5, 5.41) is 4.70. The lowest BCUT2D eigenvalue weighted by Gasteiger charge is -2.31. The normalized spacial score (nSPS) is 18.0. The van der Waals surface area contributed by atoms with Crippen LogP contribution in [-0.4, -0.2) is 51.6 Å². The topological polar surface area (TPSA) is 69.5 Å². The second kappa shape index (κ2) is 8.56. The van der Waals surface area contributed by atoms with E-state index in [9.17, 15) is 4.79 Å². The van der Waals surface area contributed by atoms with Gasteiger partial charge in [0.1, 0.15) is 0 Å². The largest absolute Gasteiger partial charge is 0.471 e. The van der Waals surface area contributed by atoms with Gasteiger partial charge in [0.2, 0.25) is 0 Å². The zero-order chi connectivity index (χ0) is 22.2. The van der Waals surface area contributed by atoms with Crippen molar-refractivity contribution in [3.63, 3.8) is 0 Å². The van der Waals surface area contributed by atoms with Gasteiger partial charge in [-0.05, 0) is 55.0 Å². The number of carbonyl (C=O) groups excluding carboxylic acids is 1. The van der Waals surface area contributed by atoms with Crippen LogP contribution in [0.2, 0.25) is 5.02 Å². The average Bonchev–Trinajstić information content (AvgIpc) is 3.46. The number of ether oxygens (including phenoxy) is 2. The molecule has 8 heteroatoms. The number of carbonyl (C=O) groups is 1. The zero-order valence-corrected chi connectivity index (χ0v) is 18.9. The third-order valence-corrected chi connectivity index (χ3v) is 6.58. The van der Waals surface area contributed by atoms with Gasteiger partial charge in [0, 0.05) is 31.6 Å². The van der Waals surface area contributed by atoms with Gasteiger partial charge in [-0.25, -0.2) is 0 Å². The van der Waals surface area contributed by atoms with E-state index in [1.54, 1.807) is 15.8 Å². The number of nitrogens with zero attached hydrogens (tertiary/aromatic N) is 4. The molecule has 0 aliphatic carbocycles. The molecule has 2 aromatic heterocycles. The molecule has 166 valence electrons. The van der Waals surface area contributed by atoms with Gasteiger partial charge in [0.05, 0.1) is 35.1 Å². The van der Waals surface area contributed by atoms with Gasteiger partial charge >= 0.3 is 0 Å². The predicted octanol–water partition coefficient (Wildman–Crippen LogP) is 4.01. The summed E-state index contributed by atoms with van der Waals surface area (Å²) in [5.41, 5.74) is 5.30. The molecule has 4 heterocycles. The summed E-state index contributed by atoms with van der Waals surface area (Å²) in [4.78, 5) is 19.5. The van der Waals surface area contributed by atoms with Crippen molar-refractivity contribution in [2.75, 3.05) is 19.9 Å². The average molecular weight is 453 g/mol. The predicted molar refractivity (Wildman–Crippen MR) is 121 cm³/mol. The van der Waals surface area contributed by atoms with E-state index in [1.165, 1.54) is 0 Å². The summed E-state index contributed by atoms with van der Waals surface area (Å²) in [6, 6.07) is 5.94. The van der Waals surface area contributed by atoms with Crippen molar-refractivity contribution in [3.8, 4) is 17.0 Å². The highest BCUT2D eigenvalue weighted by Crippen LogP contribution is 2.38. The maximum atomic E-state index is 13.2. The SMILES string of the molecule is Cc1c(Cc2ccc(-c3cnn(C)c3)nc2)cc2c(c1Cl)OCN(CC1CCCO1)C2=O. The molecule has 2 aliphatic heterocycles. The van der Waals surface area contributed by atoms with E-state index in [-0.39, 0.29) is 18.7 Å². The number of benzene rings is 1. The Morgan fingerprint density at radius 2 is 2.16 bits per heavy atom. The fourth-order valence-electron chi connectivity index (χ4n) is 4.28. The van der Waals surface area contributed by atoms with E-state index in [0.717, 1.165) is 47.4 Å². The zero-order valence-electron chi connectivity index (χ0n) is 18.2. The summed E-state index contributed by atoms with van der Waals surface area (Å²) >= 11 is 6.63. The summed E-state index contributed by atoms with van der Waals surface area (Å²) in [5.74, 6) is 0.418. The van der Waals surface area contributed by atoms with Crippen LogP contribution in [0.3, 0.4) is 0 Å². The molecule has 1 unspecified atom stereocenters. The molecule has 2 aliphatic rings. The van der Waals surface area contributed by atoms with Crippen molar-refractivity contribution >= 4 is 17.5 Å². The number of hydrogen-bond donors (Lipinski definition) is 0. The maximum Gasteiger partial charge on any atom is 0.260 e. The van der Waals surface area contributed by atoms with Crippen LogP contribution in [0.25, 0.3) is 11.3 Å². The molecule has 5 rings (SSSR count). The first-order chi connectivity index (χ1) is 15.5. The van der Waals surface area contributed by atoms with Crippen LogP contribution in [0.1, 0.15) is 39.9 Å². The Labute approximate surface area is 191 Å². The minimum absolute atomic E-state index is 0.0602. The van der Waals surface area contributed by atoms with E-state index >= 15 is 0 Å². The maximum absolute atomic E-state index is 13.2. The van der Waals surface area contributed by atoms with Crippen LogP contribution >= 0.6 is 11.6 Å². The Kier molecular flexibility index (Phi) is 5.61. The molecule has 0 saturated carbocycles. The van der Waals surface area contributed by atoms with Crippen LogP contribution < -0.4 is 4.74 Å². The molecule has 7 nitrogen and oxygen atoms in total. The first-order valence-corrected chi connectivity index (χ1v) is 11.2. The van der Waals surface area contributed by atoms with Gasteiger partial charge in [0.25, 0.3) is 5.91 Å². The smallest absolute Gasteiger partial charge is 0.260 e. The molecule has 1 atom stereocenters. The lowest BCUT2D eigenvalue weighted by molar-refractivity contribution is 0.0261. The first-order valence-electron chi connectivity index (χ1n) is 10.8. The summed E-state index contributed by atoms with van der Waals surface area (Å²) < 4.78 is 13.3. The fraction of sp³-hybridized carbons (Fsp3) is 0.375. The van der Waals surface area contributed by atoms with Crippen molar-refractivity contribution < 1.29 is 14.3 Å². The van der Waals surface area contributed by atoms with Crippen molar-refractivity contribution in [2.24, 2.45) is 7.05 Å². The van der Waals surface area contributed by atoms with E-state index < -0.39 is 0 Å². The van der Waals surface area contributed by atoms with E-state index in [4.69, 9.17) is 21.1 Å². The molecule has 0 bridgehead atoms. The number of hydrogen-bond acceptors (Lipinski definition) is 5. The summed E-state index contributed by atoms with van der Waals surface area (Å²) in [7, 11) is 1.88. The molecule has 0 radical (unpaired) electrons. The lowest BCUT2D eigenvalue weighted by atomic mass is 9.96. The molecule has 1 saturated heterocycles. The van der Waals surface area contributed by atoms with Crippen LogP contribution in [0.5, 0.6) is 5.75 Å². The van der Waals surface area contributed by atoms with E-state index in [2.05, 4.69) is 10.1 Å². The standard InChI is InChI=1S/C24H25ClN4O3/c1-15-17(8-16-5-6-21(26-10-16)18-11-27-28(2)12-18)9-20-23(22(15)25)32-14-29(24(20)30)13-19-4-3-7-31-19/h5-6,9-12,19H,3-4,7-8,13-14H2,1-2H3. The number of aromatic nitrogens is 3. The number of aryl methyl sites for hydroxylation is 1. The molecule has 1 fully saturated rings. The van der Waals surface area contributed by atoms with Crippen LogP contribution in [0.15, 0.2) is 36.8 Å². The second-order valence-electron chi connectivity index (χ2n) is 8.42. The van der Waals surface area contributed by atoms with Crippen molar-refractivity contribution in [1.29, 1.82) is 0 Å².